The van der Waals surface area contributed by atoms with Crippen LogP contribution in [0.15, 0.2) is 34.9 Å². The van der Waals surface area contributed by atoms with E-state index >= 15 is 0 Å². The quantitative estimate of drug-likeness (QED) is 0.653. The Morgan fingerprint density at radius 2 is 2.19 bits per heavy atom. The van der Waals surface area contributed by atoms with Gasteiger partial charge in [-0.2, -0.15) is 0 Å². The van der Waals surface area contributed by atoms with Gasteiger partial charge < -0.3 is 4.74 Å². The van der Waals surface area contributed by atoms with E-state index in [1.165, 1.54) is 19.2 Å². The van der Waals surface area contributed by atoms with Crippen molar-refractivity contribution < 1.29 is 9.13 Å². The Bertz CT molecular complexity index is 821. The van der Waals surface area contributed by atoms with E-state index in [4.69, 9.17) is 16.3 Å². The standard InChI is InChI=1S/C14H10BrClFN3O/c1-21-12-5-9(17)2-3-11(12)20-13(6-16)19-10-4-8(15)7-18-14(10)20/h2-5,7H,6H2,1H3. The second-order valence-electron chi connectivity index (χ2n) is 4.31. The van der Waals surface area contributed by atoms with Crippen molar-refractivity contribution in [3.63, 3.8) is 0 Å². The Morgan fingerprint density at radius 1 is 1.38 bits per heavy atom. The molecule has 0 N–H and O–H groups in total. The number of imidazole rings is 1. The summed E-state index contributed by atoms with van der Waals surface area (Å²) in [4.78, 5) is 8.82. The van der Waals surface area contributed by atoms with Crippen LogP contribution in [0.4, 0.5) is 4.39 Å². The minimum Gasteiger partial charge on any atom is -0.494 e. The Hall–Kier alpha value is -1.66. The molecule has 0 radical (unpaired) electrons. The predicted octanol–water partition coefficient (Wildman–Crippen LogP) is 4.07. The Morgan fingerprint density at radius 3 is 2.90 bits per heavy atom. The molecule has 3 rings (SSSR count). The van der Waals surface area contributed by atoms with Gasteiger partial charge in [0.1, 0.15) is 22.9 Å². The van der Waals surface area contributed by atoms with Crippen LogP contribution in [-0.2, 0) is 5.88 Å². The summed E-state index contributed by atoms with van der Waals surface area (Å²) in [5.41, 5.74) is 1.98. The number of halogens is 3. The average Bonchev–Trinajstić information content (AvgIpc) is 2.84. The largest absolute Gasteiger partial charge is 0.494 e. The fourth-order valence-electron chi connectivity index (χ4n) is 2.17. The molecule has 7 heteroatoms. The molecule has 108 valence electrons. The van der Waals surface area contributed by atoms with E-state index in [1.807, 2.05) is 6.07 Å². The zero-order valence-corrected chi connectivity index (χ0v) is 13.3. The first-order valence-electron chi connectivity index (χ1n) is 6.07. The monoisotopic (exact) mass is 369 g/mol. The summed E-state index contributed by atoms with van der Waals surface area (Å²) in [5.74, 6) is 0.838. The number of ether oxygens (including phenoxy) is 1. The highest BCUT2D eigenvalue weighted by Crippen LogP contribution is 2.29. The number of alkyl halides is 1. The van der Waals surface area contributed by atoms with E-state index in [0.717, 1.165) is 4.47 Å². The molecule has 3 aromatic rings. The number of hydrogen-bond donors (Lipinski definition) is 0. The highest BCUT2D eigenvalue weighted by molar-refractivity contribution is 9.10. The Balaban J connectivity index is 2.33. The van der Waals surface area contributed by atoms with Crippen LogP contribution < -0.4 is 4.74 Å². The minimum absolute atomic E-state index is 0.203. The van der Waals surface area contributed by atoms with Gasteiger partial charge in [0.15, 0.2) is 5.65 Å². The van der Waals surface area contributed by atoms with E-state index in [9.17, 15) is 4.39 Å². The van der Waals surface area contributed by atoms with Crippen LogP contribution in [0.1, 0.15) is 5.82 Å². The van der Waals surface area contributed by atoms with E-state index < -0.39 is 0 Å². The van der Waals surface area contributed by atoms with Crippen LogP contribution in [0.25, 0.3) is 16.9 Å². The molecule has 2 heterocycles. The Labute approximate surface area is 133 Å². The zero-order chi connectivity index (χ0) is 15.0. The highest BCUT2D eigenvalue weighted by atomic mass is 79.9. The summed E-state index contributed by atoms with van der Waals surface area (Å²) >= 11 is 9.35. The molecule has 1 aromatic carbocycles. The van der Waals surface area contributed by atoms with E-state index in [-0.39, 0.29) is 11.7 Å². The molecule has 4 nitrogen and oxygen atoms in total. The minimum atomic E-state index is -0.372. The second kappa shape index (κ2) is 5.61. The molecule has 2 aromatic heterocycles. The molecule has 21 heavy (non-hydrogen) atoms. The van der Waals surface area contributed by atoms with Gasteiger partial charge in [0.25, 0.3) is 0 Å². The lowest BCUT2D eigenvalue weighted by molar-refractivity contribution is 0.409. The van der Waals surface area contributed by atoms with Gasteiger partial charge in [0.05, 0.1) is 18.7 Å². The normalized spacial score (nSPS) is 11.0. The molecule has 0 aliphatic carbocycles. The lowest BCUT2D eigenvalue weighted by Crippen LogP contribution is -2.03. The van der Waals surface area contributed by atoms with Crippen LogP contribution in [0.3, 0.4) is 0 Å². The number of aromatic nitrogens is 3. The predicted molar refractivity (Wildman–Crippen MR) is 82.6 cm³/mol. The topological polar surface area (TPSA) is 39.9 Å². The summed E-state index contributed by atoms with van der Waals surface area (Å²) in [6.45, 7) is 0. The first-order chi connectivity index (χ1) is 10.1. The summed E-state index contributed by atoms with van der Waals surface area (Å²) in [6, 6.07) is 6.15. The van der Waals surface area contributed by atoms with Gasteiger partial charge in [-0.05, 0) is 34.1 Å². The number of pyridine rings is 1. The number of nitrogens with zero attached hydrogens (tertiary/aromatic N) is 3. The molecule has 0 amide bonds. The van der Waals surface area contributed by atoms with Gasteiger partial charge in [-0.1, -0.05) is 0 Å². The first kappa shape index (κ1) is 14.3. The molecular formula is C14H10BrClFN3O. The molecule has 0 atom stereocenters. The summed E-state index contributed by atoms with van der Waals surface area (Å²) in [6.07, 6.45) is 1.68. The van der Waals surface area contributed by atoms with Crippen molar-refractivity contribution >= 4 is 38.7 Å². The smallest absolute Gasteiger partial charge is 0.164 e. The Kier molecular flexibility index (Phi) is 3.82. The second-order valence-corrected chi connectivity index (χ2v) is 5.49. The first-order valence-corrected chi connectivity index (χ1v) is 7.39. The number of rotatable bonds is 3. The third kappa shape index (κ3) is 2.49. The van der Waals surface area contributed by atoms with Crippen molar-refractivity contribution in [1.29, 1.82) is 0 Å². The molecule has 0 saturated heterocycles. The summed E-state index contributed by atoms with van der Waals surface area (Å²) in [5, 5.41) is 0. The highest BCUT2D eigenvalue weighted by Gasteiger charge is 2.17. The molecular weight excluding hydrogens is 361 g/mol. The molecule has 0 unspecified atom stereocenters. The van der Waals surface area contributed by atoms with E-state index in [1.54, 1.807) is 16.8 Å². The lowest BCUT2D eigenvalue weighted by Gasteiger charge is -2.12. The SMILES string of the molecule is COc1cc(F)ccc1-n1c(CCl)nc2cc(Br)cnc21. The van der Waals surface area contributed by atoms with Crippen LogP contribution in [-0.4, -0.2) is 21.6 Å². The van der Waals surface area contributed by atoms with Crippen molar-refractivity contribution in [2.75, 3.05) is 7.11 Å². The van der Waals surface area contributed by atoms with Crippen molar-refractivity contribution in [2.45, 2.75) is 5.88 Å². The maximum Gasteiger partial charge on any atom is 0.164 e. The number of benzene rings is 1. The van der Waals surface area contributed by atoms with E-state index in [0.29, 0.717) is 28.4 Å². The van der Waals surface area contributed by atoms with E-state index in [2.05, 4.69) is 25.9 Å². The molecule has 0 aliphatic rings. The van der Waals surface area contributed by atoms with Gasteiger partial charge >= 0.3 is 0 Å². The molecule has 0 spiro atoms. The molecule has 0 saturated carbocycles. The average molecular weight is 371 g/mol. The van der Waals surface area contributed by atoms with Gasteiger partial charge in [0, 0.05) is 16.7 Å². The van der Waals surface area contributed by atoms with Crippen molar-refractivity contribution in [3.8, 4) is 11.4 Å². The van der Waals surface area contributed by atoms with Crippen molar-refractivity contribution in [2.24, 2.45) is 0 Å². The fraction of sp³-hybridized carbons (Fsp3) is 0.143. The van der Waals surface area contributed by atoms with Gasteiger partial charge in [-0.3, -0.25) is 4.57 Å². The fourth-order valence-corrected chi connectivity index (χ4v) is 2.66. The zero-order valence-electron chi connectivity index (χ0n) is 11.0. The summed E-state index contributed by atoms with van der Waals surface area (Å²) < 4.78 is 21.2. The summed E-state index contributed by atoms with van der Waals surface area (Å²) in [7, 11) is 1.49. The van der Waals surface area contributed by atoms with Gasteiger partial charge in [0.2, 0.25) is 0 Å². The van der Waals surface area contributed by atoms with Crippen LogP contribution in [0, 0.1) is 5.82 Å². The lowest BCUT2D eigenvalue weighted by atomic mass is 10.2. The maximum absolute atomic E-state index is 13.4. The van der Waals surface area contributed by atoms with Crippen LogP contribution >= 0.6 is 27.5 Å². The maximum atomic E-state index is 13.4. The third-order valence-electron chi connectivity index (χ3n) is 3.04. The number of fused-ring (bicyclic) bond motifs is 1. The molecule has 0 bridgehead atoms. The number of methoxy groups -OCH3 is 1. The van der Waals surface area contributed by atoms with Crippen molar-refractivity contribution in [1.82, 2.24) is 14.5 Å². The van der Waals surface area contributed by atoms with Crippen LogP contribution in [0.5, 0.6) is 5.75 Å². The van der Waals surface area contributed by atoms with Crippen molar-refractivity contribution in [3.05, 3.63) is 46.6 Å². The third-order valence-corrected chi connectivity index (χ3v) is 3.71. The van der Waals surface area contributed by atoms with Gasteiger partial charge in [-0.25, -0.2) is 14.4 Å². The molecule has 0 fully saturated rings. The molecule has 0 aliphatic heterocycles. The van der Waals surface area contributed by atoms with Crippen LogP contribution in [0.2, 0.25) is 0 Å². The number of hydrogen-bond acceptors (Lipinski definition) is 3. The van der Waals surface area contributed by atoms with Gasteiger partial charge in [-0.15, -0.1) is 11.6 Å².